The molecule has 4 nitrogen and oxygen atoms in total. The van der Waals surface area contributed by atoms with Gasteiger partial charge in [0.1, 0.15) is 0 Å². The Labute approximate surface area is 142 Å². The molecule has 0 bridgehead atoms. The molecule has 0 N–H and O–H groups in total. The fourth-order valence-corrected chi connectivity index (χ4v) is 3.43. The Kier molecular flexibility index (Phi) is 4.69. The molecule has 0 aliphatic rings. The van der Waals surface area contributed by atoms with Gasteiger partial charge in [0.2, 0.25) is 5.82 Å². The highest BCUT2D eigenvalue weighted by Gasteiger charge is 2.18. The number of halogens is 1. The molecule has 0 radical (unpaired) electrons. The molecule has 114 valence electrons. The summed E-state index contributed by atoms with van der Waals surface area (Å²) in [5.74, 6) is 2.38. The maximum atomic E-state index is 5.46. The SMILES string of the molecule is CC(C)n1c(SCc2ccc(Br)cc2)nnc1-c1ccco1. The van der Waals surface area contributed by atoms with Gasteiger partial charge in [-0.25, -0.2) is 0 Å². The molecule has 1 aromatic carbocycles. The van der Waals surface area contributed by atoms with E-state index in [1.807, 2.05) is 12.1 Å². The summed E-state index contributed by atoms with van der Waals surface area (Å²) in [6.07, 6.45) is 1.66. The Morgan fingerprint density at radius 2 is 1.95 bits per heavy atom. The third kappa shape index (κ3) is 3.28. The fourth-order valence-electron chi connectivity index (χ4n) is 2.14. The maximum Gasteiger partial charge on any atom is 0.200 e. The van der Waals surface area contributed by atoms with Crippen LogP contribution in [0, 0.1) is 0 Å². The lowest BCUT2D eigenvalue weighted by molar-refractivity contribution is 0.529. The Morgan fingerprint density at radius 3 is 2.59 bits per heavy atom. The molecular formula is C16H16BrN3OS. The largest absolute Gasteiger partial charge is 0.461 e. The standard InChI is InChI=1S/C16H16BrN3OS/c1-11(2)20-15(14-4-3-9-21-14)18-19-16(20)22-10-12-5-7-13(17)8-6-12/h3-9,11H,10H2,1-2H3. The quantitative estimate of drug-likeness (QED) is 0.575. The third-order valence-electron chi connectivity index (χ3n) is 3.20. The van der Waals surface area contributed by atoms with E-state index in [1.54, 1.807) is 18.0 Å². The molecule has 0 spiro atoms. The molecule has 0 atom stereocenters. The van der Waals surface area contributed by atoms with E-state index in [9.17, 15) is 0 Å². The second-order valence-electron chi connectivity index (χ2n) is 5.16. The first-order chi connectivity index (χ1) is 10.6. The average Bonchev–Trinajstić information content (AvgIpc) is 3.15. The lowest BCUT2D eigenvalue weighted by Crippen LogP contribution is -2.04. The van der Waals surface area contributed by atoms with E-state index in [4.69, 9.17) is 4.42 Å². The number of rotatable bonds is 5. The van der Waals surface area contributed by atoms with Gasteiger partial charge >= 0.3 is 0 Å². The summed E-state index contributed by atoms with van der Waals surface area (Å²) in [6.45, 7) is 4.25. The van der Waals surface area contributed by atoms with Crippen LogP contribution >= 0.6 is 27.7 Å². The average molecular weight is 378 g/mol. The maximum absolute atomic E-state index is 5.46. The van der Waals surface area contributed by atoms with Gasteiger partial charge in [0, 0.05) is 16.3 Å². The second kappa shape index (κ2) is 6.71. The van der Waals surface area contributed by atoms with Crippen LogP contribution in [0.4, 0.5) is 0 Å². The van der Waals surface area contributed by atoms with Gasteiger partial charge in [-0.3, -0.25) is 4.57 Å². The van der Waals surface area contributed by atoms with E-state index in [0.717, 1.165) is 27.0 Å². The van der Waals surface area contributed by atoms with Crippen molar-refractivity contribution < 1.29 is 4.42 Å². The van der Waals surface area contributed by atoms with Gasteiger partial charge in [-0.15, -0.1) is 10.2 Å². The smallest absolute Gasteiger partial charge is 0.200 e. The van der Waals surface area contributed by atoms with E-state index in [-0.39, 0.29) is 6.04 Å². The van der Waals surface area contributed by atoms with Gasteiger partial charge in [0.05, 0.1) is 6.26 Å². The molecule has 0 fully saturated rings. The number of hydrogen-bond acceptors (Lipinski definition) is 4. The first kappa shape index (κ1) is 15.4. The van der Waals surface area contributed by atoms with Gasteiger partial charge in [-0.05, 0) is 43.7 Å². The summed E-state index contributed by atoms with van der Waals surface area (Å²) in [6, 6.07) is 12.4. The number of benzene rings is 1. The van der Waals surface area contributed by atoms with Crippen LogP contribution in [0.25, 0.3) is 11.6 Å². The highest BCUT2D eigenvalue weighted by atomic mass is 79.9. The minimum atomic E-state index is 0.266. The van der Waals surface area contributed by atoms with Crippen molar-refractivity contribution in [3.05, 3.63) is 52.7 Å². The summed E-state index contributed by atoms with van der Waals surface area (Å²) < 4.78 is 8.66. The van der Waals surface area contributed by atoms with E-state index in [0.29, 0.717) is 0 Å². The second-order valence-corrected chi connectivity index (χ2v) is 7.02. The van der Waals surface area contributed by atoms with Crippen LogP contribution in [0.5, 0.6) is 0 Å². The summed E-state index contributed by atoms with van der Waals surface area (Å²) in [4.78, 5) is 0. The van der Waals surface area contributed by atoms with Crippen LogP contribution < -0.4 is 0 Å². The molecule has 0 saturated carbocycles. The Bertz CT molecular complexity index is 735. The van der Waals surface area contributed by atoms with Gasteiger partial charge in [-0.2, -0.15) is 0 Å². The summed E-state index contributed by atoms with van der Waals surface area (Å²) >= 11 is 5.14. The Hall–Kier alpha value is -1.53. The molecule has 0 amide bonds. The van der Waals surface area contributed by atoms with Crippen molar-refractivity contribution in [1.82, 2.24) is 14.8 Å². The van der Waals surface area contributed by atoms with E-state index < -0.39 is 0 Å². The number of aromatic nitrogens is 3. The normalized spacial score (nSPS) is 11.3. The Morgan fingerprint density at radius 1 is 1.18 bits per heavy atom. The van der Waals surface area contributed by atoms with Crippen molar-refractivity contribution in [2.75, 3.05) is 0 Å². The molecule has 2 heterocycles. The molecular weight excluding hydrogens is 362 g/mol. The number of hydrogen-bond donors (Lipinski definition) is 0. The lowest BCUT2D eigenvalue weighted by atomic mass is 10.2. The third-order valence-corrected chi connectivity index (χ3v) is 4.75. The van der Waals surface area contributed by atoms with Crippen LogP contribution in [-0.4, -0.2) is 14.8 Å². The van der Waals surface area contributed by atoms with Gasteiger partial charge < -0.3 is 4.42 Å². The molecule has 0 aliphatic carbocycles. The van der Waals surface area contributed by atoms with E-state index >= 15 is 0 Å². The molecule has 2 aromatic heterocycles. The van der Waals surface area contributed by atoms with Crippen molar-refractivity contribution >= 4 is 27.7 Å². The molecule has 0 aliphatic heterocycles. The van der Waals surface area contributed by atoms with E-state index in [1.165, 1.54) is 5.56 Å². The van der Waals surface area contributed by atoms with Crippen molar-refractivity contribution in [1.29, 1.82) is 0 Å². The zero-order valence-electron chi connectivity index (χ0n) is 12.4. The molecule has 6 heteroatoms. The minimum absolute atomic E-state index is 0.266. The number of furan rings is 1. The number of nitrogens with zero attached hydrogens (tertiary/aromatic N) is 3. The van der Waals surface area contributed by atoms with Crippen molar-refractivity contribution in [3.63, 3.8) is 0 Å². The first-order valence-electron chi connectivity index (χ1n) is 7.01. The van der Waals surface area contributed by atoms with Crippen LogP contribution in [0.3, 0.4) is 0 Å². The molecule has 22 heavy (non-hydrogen) atoms. The lowest BCUT2D eigenvalue weighted by Gasteiger charge is -2.12. The van der Waals surface area contributed by atoms with Gasteiger partial charge in [0.25, 0.3) is 0 Å². The summed E-state index contributed by atoms with van der Waals surface area (Å²) in [7, 11) is 0. The highest BCUT2D eigenvalue weighted by molar-refractivity contribution is 9.10. The van der Waals surface area contributed by atoms with Crippen molar-refractivity contribution in [2.45, 2.75) is 30.8 Å². The number of thioether (sulfide) groups is 1. The minimum Gasteiger partial charge on any atom is -0.461 e. The van der Waals surface area contributed by atoms with Crippen LogP contribution in [0.1, 0.15) is 25.5 Å². The molecule has 3 aromatic rings. The molecule has 0 unspecified atom stereocenters. The molecule has 0 saturated heterocycles. The highest BCUT2D eigenvalue weighted by Crippen LogP contribution is 2.29. The zero-order chi connectivity index (χ0) is 15.5. The summed E-state index contributed by atoms with van der Waals surface area (Å²) in [5.41, 5.74) is 1.26. The fraction of sp³-hybridized carbons (Fsp3) is 0.250. The van der Waals surface area contributed by atoms with Gasteiger partial charge in [-0.1, -0.05) is 39.8 Å². The monoisotopic (exact) mass is 377 g/mol. The van der Waals surface area contributed by atoms with Crippen LogP contribution in [0.2, 0.25) is 0 Å². The topological polar surface area (TPSA) is 43.9 Å². The molecule has 3 rings (SSSR count). The van der Waals surface area contributed by atoms with E-state index in [2.05, 4.69) is 68.8 Å². The first-order valence-corrected chi connectivity index (χ1v) is 8.79. The van der Waals surface area contributed by atoms with Crippen LogP contribution in [-0.2, 0) is 5.75 Å². The summed E-state index contributed by atoms with van der Waals surface area (Å²) in [5, 5.41) is 9.54. The van der Waals surface area contributed by atoms with Crippen molar-refractivity contribution in [3.8, 4) is 11.6 Å². The van der Waals surface area contributed by atoms with Crippen LogP contribution in [0.15, 0.2) is 56.7 Å². The predicted molar refractivity (Wildman–Crippen MR) is 91.8 cm³/mol. The Balaban J connectivity index is 1.83. The zero-order valence-corrected chi connectivity index (χ0v) is 14.8. The van der Waals surface area contributed by atoms with Crippen molar-refractivity contribution in [2.24, 2.45) is 0 Å². The predicted octanol–water partition coefficient (Wildman–Crippen LogP) is 5.17. The van der Waals surface area contributed by atoms with Gasteiger partial charge in [0.15, 0.2) is 10.9 Å².